The molecule has 1 aromatic carbocycles. The molecule has 4 nitrogen and oxygen atoms in total. The molecule has 0 amide bonds. The molecule has 5 heteroatoms. The third kappa shape index (κ3) is 2.32. The summed E-state index contributed by atoms with van der Waals surface area (Å²) in [5, 5.41) is 1.17. The van der Waals surface area contributed by atoms with E-state index in [0.29, 0.717) is 0 Å². The Morgan fingerprint density at radius 3 is 2.84 bits per heavy atom. The summed E-state index contributed by atoms with van der Waals surface area (Å²) in [6.07, 6.45) is 3.98. The fraction of sp³-hybridized carbons (Fsp3) is 0.286. The smallest absolute Gasteiger partial charge is 0.172 e. The predicted octanol–water partition coefficient (Wildman–Crippen LogP) is 2.93. The van der Waals surface area contributed by atoms with Crippen LogP contribution in [0.2, 0.25) is 0 Å². The number of para-hydroxylation sites is 1. The molecule has 0 radical (unpaired) electrons. The van der Waals surface area contributed by atoms with Gasteiger partial charge in [-0.15, -0.1) is 0 Å². The van der Waals surface area contributed by atoms with E-state index in [1.807, 2.05) is 24.4 Å². The molecule has 2 N–H and O–H groups in total. The van der Waals surface area contributed by atoms with E-state index in [-0.39, 0.29) is 0 Å². The van der Waals surface area contributed by atoms with Gasteiger partial charge < -0.3 is 10.3 Å². The van der Waals surface area contributed by atoms with Crippen molar-refractivity contribution >= 4 is 44.5 Å². The van der Waals surface area contributed by atoms with Crippen LogP contribution in [0.4, 0.5) is 0 Å². The van der Waals surface area contributed by atoms with Crippen LogP contribution in [0.3, 0.4) is 0 Å². The number of hydrogen-bond acceptors (Lipinski definition) is 3. The second-order valence-corrected chi connectivity index (χ2v) is 5.50. The van der Waals surface area contributed by atoms with Crippen LogP contribution in [0.5, 0.6) is 0 Å². The monoisotopic (exact) mass is 366 g/mol. The van der Waals surface area contributed by atoms with E-state index in [1.54, 1.807) is 0 Å². The molecule has 0 aliphatic heterocycles. The zero-order valence-electron chi connectivity index (χ0n) is 10.5. The number of rotatable bonds is 4. The Kier molecular flexibility index (Phi) is 3.65. The molecule has 0 aliphatic carbocycles. The Hall–Kier alpha value is -1.21. The SMILES string of the molecule is NCCCCn1c(I)nc2cnc3ccccc3c21. The fourth-order valence-electron chi connectivity index (χ4n) is 2.35. The van der Waals surface area contributed by atoms with Gasteiger partial charge in [-0.2, -0.15) is 0 Å². The highest BCUT2D eigenvalue weighted by atomic mass is 127. The largest absolute Gasteiger partial charge is 0.330 e. The summed E-state index contributed by atoms with van der Waals surface area (Å²) in [5.41, 5.74) is 8.75. The number of hydrogen-bond donors (Lipinski definition) is 1. The van der Waals surface area contributed by atoms with Crippen molar-refractivity contribution in [2.75, 3.05) is 6.54 Å². The van der Waals surface area contributed by atoms with E-state index >= 15 is 0 Å². The van der Waals surface area contributed by atoms with Crippen LogP contribution >= 0.6 is 22.6 Å². The topological polar surface area (TPSA) is 56.7 Å². The van der Waals surface area contributed by atoms with Gasteiger partial charge in [-0.1, -0.05) is 18.2 Å². The van der Waals surface area contributed by atoms with Crippen LogP contribution < -0.4 is 5.73 Å². The third-order valence-electron chi connectivity index (χ3n) is 3.27. The number of aromatic nitrogens is 3. The highest BCUT2D eigenvalue weighted by molar-refractivity contribution is 14.1. The van der Waals surface area contributed by atoms with Crippen molar-refractivity contribution < 1.29 is 0 Å². The Morgan fingerprint density at radius 1 is 1.16 bits per heavy atom. The lowest BCUT2D eigenvalue weighted by atomic mass is 10.2. The summed E-state index contributed by atoms with van der Waals surface area (Å²) in [6, 6.07) is 8.22. The molecule has 0 spiro atoms. The molecule has 3 rings (SSSR count). The minimum absolute atomic E-state index is 0.742. The zero-order valence-corrected chi connectivity index (χ0v) is 12.7. The van der Waals surface area contributed by atoms with Crippen LogP contribution in [0.25, 0.3) is 21.9 Å². The Labute approximate surface area is 125 Å². The van der Waals surface area contributed by atoms with Gasteiger partial charge in [-0.3, -0.25) is 4.98 Å². The number of benzene rings is 1. The molecule has 0 saturated carbocycles. The van der Waals surface area contributed by atoms with Gasteiger partial charge in [-0.25, -0.2) is 4.98 Å². The third-order valence-corrected chi connectivity index (χ3v) is 4.09. The number of nitrogens with zero attached hydrogens (tertiary/aromatic N) is 3. The number of fused-ring (bicyclic) bond motifs is 3. The molecular weight excluding hydrogens is 351 g/mol. The Bertz CT molecular complexity index is 720. The van der Waals surface area contributed by atoms with E-state index in [1.165, 1.54) is 10.9 Å². The first kappa shape index (κ1) is 12.8. The van der Waals surface area contributed by atoms with Crippen LogP contribution in [-0.2, 0) is 6.54 Å². The number of imidazole rings is 1. The number of nitrogens with two attached hydrogens (primary N) is 1. The van der Waals surface area contributed by atoms with Gasteiger partial charge >= 0.3 is 0 Å². The minimum atomic E-state index is 0.742. The quantitative estimate of drug-likeness (QED) is 0.571. The van der Waals surface area contributed by atoms with Gasteiger partial charge in [-0.05, 0) is 48.0 Å². The van der Waals surface area contributed by atoms with Gasteiger partial charge in [0.2, 0.25) is 0 Å². The lowest BCUT2D eigenvalue weighted by Gasteiger charge is -2.07. The average molecular weight is 366 g/mol. The molecule has 0 saturated heterocycles. The molecule has 0 atom stereocenters. The molecule has 0 fully saturated rings. The molecule has 3 aromatic rings. The predicted molar refractivity (Wildman–Crippen MR) is 86.0 cm³/mol. The first-order chi connectivity index (χ1) is 9.31. The average Bonchev–Trinajstić information content (AvgIpc) is 2.76. The molecule has 98 valence electrons. The fourth-order valence-corrected chi connectivity index (χ4v) is 3.09. The molecule has 19 heavy (non-hydrogen) atoms. The Morgan fingerprint density at radius 2 is 2.00 bits per heavy atom. The van der Waals surface area contributed by atoms with Crippen molar-refractivity contribution in [3.8, 4) is 0 Å². The van der Waals surface area contributed by atoms with Gasteiger partial charge in [0.05, 0.1) is 17.2 Å². The van der Waals surface area contributed by atoms with E-state index in [0.717, 1.165) is 40.8 Å². The van der Waals surface area contributed by atoms with Crippen LogP contribution in [0, 0.1) is 3.83 Å². The Balaban J connectivity index is 2.19. The molecule has 2 heterocycles. The van der Waals surface area contributed by atoms with Crippen LogP contribution in [0.1, 0.15) is 12.8 Å². The maximum atomic E-state index is 5.57. The zero-order chi connectivity index (χ0) is 13.2. The number of pyridine rings is 1. The molecule has 0 bridgehead atoms. The maximum absolute atomic E-state index is 5.57. The highest BCUT2D eigenvalue weighted by Gasteiger charge is 2.11. The molecule has 2 aromatic heterocycles. The highest BCUT2D eigenvalue weighted by Crippen LogP contribution is 2.25. The minimum Gasteiger partial charge on any atom is -0.330 e. The van der Waals surface area contributed by atoms with Gasteiger partial charge in [0.25, 0.3) is 0 Å². The van der Waals surface area contributed by atoms with Crippen LogP contribution in [-0.4, -0.2) is 21.1 Å². The van der Waals surface area contributed by atoms with E-state index < -0.39 is 0 Å². The number of unbranched alkanes of at least 4 members (excludes halogenated alkanes) is 1. The first-order valence-electron chi connectivity index (χ1n) is 6.41. The summed E-state index contributed by atoms with van der Waals surface area (Å²) in [5.74, 6) is 0. The lowest BCUT2D eigenvalue weighted by molar-refractivity contribution is 0.617. The number of aryl methyl sites for hydroxylation is 1. The maximum Gasteiger partial charge on any atom is 0.172 e. The number of halogens is 1. The van der Waals surface area contributed by atoms with E-state index in [2.05, 4.69) is 43.2 Å². The summed E-state index contributed by atoms with van der Waals surface area (Å²) < 4.78 is 3.29. The van der Waals surface area contributed by atoms with Crippen molar-refractivity contribution in [2.45, 2.75) is 19.4 Å². The van der Waals surface area contributed by atoms with E-state index in [9.17, 15) is 0 Å². The first-order valence-corrected chi connectivity index (χ1v) is 7.48. The molecule has 0 aliphatic rings. The van der Waals surface area contributed by atoms with Crippen LogP contribution in [0.15, 0.2) is 30.5 Å². The normalized spacial score (nSPS) is 11.5. The van der Waals surface area contributed by atoms with Gasteiger partial charge in [0, 0.05) is 11.9 Å². The molecule has 0 unspecified atom stereocenters. The van der Waals surface area contributed by atoms with Gasteiger partial charge in [0.1, 0.15) is 5.52 Å². The second-order valence-electron chi connectivity index (χ2n) is 4.54. The summed E-state index contributed by atoms with van der Waals surface area (Å²) in [6.45, 7) is 1.70. The van der Waals surface area contributed by atoms with Crippen molar-refractivity contribution in [2.24, 2.45) is 5.73 Å². The van der Waals surface area contributed by atoms with Crippen molar-refractivity contribution in [3.05, 3.63) is 34.3 Å². The van der Waals surface area contributed by atoms with E-state index in [4.69, 9.17) is 5.73 Å². The van der Waals surface area contributed by atoms with Crippen molar-refractivity contribution in [1.82, 2.24) is 14.5 Å². The van der Waals surface area contributed by atoms with Gasteiger partial charge in [0.15, 0.2) is 3.83 Å². The standard InChI is InChI=1S/C14H15IN4/c15-14-18-12-9-17-11-6-2-1-5-10(11)13(12)19(14)8-4-3-7-16/h1-2,5-6,9H,3-4,7-8,16H2. The molecular formula is C14H15IN4. The lowest BCUT2D eigenvalue weighted by Crippen LogP contribution is -2.04. The summed E-state index contributed by atoms with van der Waals surface area (Å²) in [7, 11) is 0. The second kappa shape index (κ2) is 5.42. The van der Waals surface area contributed by atoms with Crippen molar-refractivity contribution in [1.29, 1.82) is 0 Å². The summed E-state index contributed by atoms with van der Waals surface area (Å²) in [4.78, 5) is 9.06. The summed E-state index contributed by atoms with van der Waals surface area (Å²) >= 11 is 2.29. The van der Waals surface area contributed by atoms with Crippen molar-refractivity contribution in [3.63, 3.8) is 0 Å².